The first-order valence-electron chi connectivity index (χ1n) is 8.34. The molecule has 1 N–H and O–H groups in total. The topological polar surface area (TPSA) is 58.6 Å². The van der Waals surface area contributed by atoms with E-state index >= 15 is 0 Å². The van der Waals surface area contributed by atoms with Gasteiger partial charge in [0.15, 0.2) is 0 Å². The number of methoxy groups -OCH3 is 1. The van der Waals surface area contributed by atoms with E-state index in [1.165, 1.54) is 0 Å². The van der Waals surface area contributed by atoms with Crippen LogP contribution in [0.1, 0.15) is 17.5 Å². The van der Waals surface area contributed by atoms with E-state index in [2.05, 4.69) is 5.32 Å². The molecule has 130 valence electrons. The van der Waals surface area contributed by atoms with Crippen LogP contribution < -0.4 is 15.0 Å². The Morgan fingerprint density at radius 3 is 2.56 bits per heavy atom. The fourth-order valence-corrected chi connectivity index (χ4v) is 3.09. The van der Waals surface area contributed by atoms with Gasteiger partial charge in [-0.3, -0.25) is 9.59 Å². The lowest BCUT2D eigenvalue weighted by Gasteiger charge is -2.20. The number of anilines is 2. The summed E-state index contributed by atoms with van der Waals surface area (Å²) in [5.74, 6) is -0.333. The average Bonchev–Trinajstić information content (AvgIpc) is 2.99. The number of carbonyl (C=O) groups is 2. The first kappa shape index (κ1) is 17.0. The second-order valence-corrected chi connectivity index (χ2v) is 6.27. The van der Waals surface area contributed by atoms with Crippen molar-refractivity contribution in [1.82, 2.24) is 0 Å². The van der Waals surface area contributed by atoms with Gasteiger partial charge in [0.2, 0.25) is 11.8 Å². The van der Waals surface area contributed by atoms with Crippen molar-refractivity contribution in [3.05, 3.63) is 53.6 Å². The van der Waals surface area contributed by atoms with Crippen molar-refractivity contribution in [2.45, 2.75) is 20.3 Å². The summed E-state index contributed by atoms with van der Waals surface area (Å²) in [5.41, 5.74) is 3.76. The van der Waals surface area contributed by atoms with Crippen LogP contribution in [0.4, 0.5) is 11.4 Å². The smallest absolute Gasteiger partial charge is 0.239 e. The summed E-state index contributed by atoms with van der Waals surface area (Å²) in [7, 11) is 1.59. The molecule has 0 saturated carbocycles. The molecule has 3 rings (SSSR count). The molecule has 1 fully saturated rings. The number of aryl methyl sites for hydroxylation is 1. The zero-order valence-electron chi connectivity index (χ0n) is 14.7. The highest BCUT2D eigenvalue weighted by Gasteiger charge is 2.38. The minimum Gasteiger partial charge on any atom is -0.497 e. The Labute approximate surface area is 147 Å². The van der Waals surface area contributed by atoms with E-state index in [-0.39, 0.29) is 11.8 Å². The number of benzene rings is 2. The highest BCUT2D eigenvalue weighted by molar-refractivity contribution is 6.13. The molecule has 1 saturated heterocycles. The van der Waals surface area contributed by atoms with Crippen molar-refractivity contribution in [3.63, 3.8) is 0 Å². The van der Waals surface area contributed by atoms with Crippen molar-refractivity contribution < 1.29 is 14.3 Å². The van der Waals surface area contributed by atoms with Crippen LogP contribution in [0.3, 0.4) is 0 Å². The van der Waals surface area contributed by atoms with Gasteiger partial charge < -0.3 is 15.0 Å². The molecule has 0 aromatic heterocycles. The van der Waals surface area contributed by atoms with Crippen molar-refractivity contribution in [2.24, 2.45) is 5.92 Å². The second kappa shape index (κ2) is 6.97. The maximum Gasteiger partial charge on any atom is 0.239 e. The SMILES string of the molecule is COc1ccc(NC(=O)[C@@H]2CCN(c3cccc(C)c3C)C2=O)cc1. The zero-order chi connectivity index (χ0) is 18.0. The molecule has 2 amide bonds. The van der Waals surface area contributed by atoms with Crippen LogP contribution in [-0.2, 0) is 9.59 Å². The van der Waals surface area contributed by atoms with E-state index in [0.717, 1.165) is 22.6 Å². The molecule has 1 heterocycles. The number of ether oxygens (including phenoxy) is 1. The van der Waals surface area contributed by atoms with Crippen LogP contribution in [0.2, 0.25) is 0 Å². The maximum absolute atomic E-state index is 12.7. The summed E-state index contributed by atoms with van der Waals surface area (Å²) in [6.07, 6.45) is 0.522. The molecule has 2 aromatic rings. The Hall–Kier alpha value is -2.82. The molecule has 0 bridgehead atoms. The van der Waals surface area contributed by atoms with Gasteiger partial charge in [-0.15, -0.1) is 0 Å². The number of rotatable bonds is 4. The predicted molar refractivity (Wildman–Crippen MR) is 98.0 cm³/mol. The number of hydrogen-bond donors (Lipinski definition) is 1. The molecule has 0 unspecified atom stereocenters. The first-order valence-corrected chi connectivity index (χ1v) is 8.34. The maximum atomic E-state index is 12.7. The third kappa shape index (κ3) is 3.36. The van der Waals surface area contributed by atoms with Gasteiger partial charge in [0.1, 0.15) is 11.7 Å². The van der Waals surface area contributed by atoms with E-state index < -0.39 is 5.92 Å². The Morgan fingerprint density at radius 1 is 1.16 bits per heavy atom. The molecule has 25 heavy (non-hydrogen) atoms. The van der Waals surface area contributed by atoms with Crippen LogP contribution in [0.15, 0.2) is 42.5 Å². The molecule has 1 atom stereocenters. The minimum absolute atomic E-state index is 0.139. The zero-order valence-corrected chi connectivity index (χ0v) is 14.7. The molecule has 1 aliphatic heterocycles. The van der Waals surface area contributed by atoms with E-state index in [0.29, 0.717) is 18.7 Å². The lowest BCUT2D eigenvalue weighted by molar-refractivity contribution is -0.129. The van der Waals surface area contributed by atoms with Gasteiger partial charge in [0.05, 0.1) is 7.11 Å². The van der Waals surface area contributed by atoms with Gasteiger partial charge in [-0.25, -0.2) is 0 Å². The lowest BCUT2D eigenvalue weighted by atomic mass is 10.1. The molecule has 0 aliphatic carbocycles. The molecule has 0 spiro atoms. The minimum atomic E-state index is -0.651. The summed E-state index contributed by atoms with van der Waals surface area (Å²) >= 11 is 0. The summed E-state index contributed by atoms with van der Waals surface area (Å²) < 4.78 is 5.10. The fraction of sp³-hybridized carbons (Fsp3) is 0.300. The predicted octanol–water partition coefficient (Wildman–Crippen LogP) is 3.30. The number of nitrogens with zero attached hydrogens (tertiary/aromatic N) is 1. The number of hydrogen-bond acceptors (Lipinski definition) is 3. The third-order valence-corrected chi connectivity index (χ3v) is 4.75. The van der Waals surface area contributed by atoms with Crippen molar-refractivity contribution in [2.75, 3.05) is 23.9 Å². The van der Waals surface area contributed by atoms with Crippen LogP contribution in [0.5, 0.6) is 5.75 Å². The number of amides is 2. The Kier molecular flexibility index (Phi) is 4.74. The van der Waals surface area contributed by atoms with E-state index in [1.807, 2.05) is 32.0 Å². The van der Waals surface area contributed by atoms with Crippen LogP contribution >= 0.6 is 0 Å². The molecular weight excluding hydrogens is 316 g/mol. The molecule has 5 heteroatoms. The first-order chi connectivity index (χ1) is 12.0. The average molecular weight is 338 g/mol. The van der Waals surface area contributed by atoms with Crippen LogP contribution in [0, 0.1) is 19.8 Å². The number of nitrogens with one attached hydrogen (secondary N) is 1. The Balaban J connectivity index is 1.72. The van der Waals surface area contributed by atoms with E-state index in [1.54, 1.807) is 36.3 Å². The fourth-order valence-electron chi connectivity index (χ4n) is 3.09. The molecule has 0 radical (unpaired) electrons. The van der Waals surface area contributed by atoms with Gasteiger partial charge in [-0.2, -0.15) is 0 Å². The molecule has 5 nitrogen and oxygen atoms in total. The number of carbonyl (C=O) groups excluding carboxylic acids is 2. The van der Waals surface area contributed by atoms with Crippen molar-refractivity contribution in [1.29, 1.82) is 0 Å². The highest BCUT2D eigenvalue weighted by atomic mass is 16.5. The second-order valence-electron chi connectivity index (χ2n) is 6.27. The summed E-state index contributed by atoms with van der Waals surface area (Å²) in [4.78, 5) is 27.0. The molecule has 1 aliphatic rings. The van der Waals surface area contributed by atoms with Crippen LogP contribution in [0.25, 0.3) is 0 Å². The quantitative estimate of drug-likeness (QED) is 0.870. The Bertz CT molecular complexity index is 799. The largest absolute Gasteiger partial charge is 0.497 e. The molecular formula is C20H22N2O3. The third-order valence-electron chi connectivity index (χ3n) is 4.75. The van der Waals surface area contributed by atoms with E-state index in [4.69, 9.17) is 4.74 Å². The van der Waals surface area contributed by atoms with E-state index in [9.17, 15) is 9.59 Å². The summed E-state index contributed by atoms with van der Waals surface area (Å²) in [6, 6.07) is 13.0. The molecule has 2 aromatic carbocycles. The monoisotopic (exact) mass is 338 g/mol. The van der Waals surface area contributed by atoms with Gasteiger partial charge >= 0.3 is 0 Å². The van der Waals surface area contributed by atoms with Gasteiger partial charge in [-0.05, 0) is 61.7 Å². The highest BCUT2D eigenvalue weighted by Crippen LogP contribution is 2.30. The van der Waals surface area contributed by atoms with Gasteiger partial charge in [-0.1, -0.05) is 12.1 Å². The van der Waals surface area contributed by atoms with Crippen molar-refractivity contribution >= 4 is 23.2 Å². The van der Waals surface area contributed by atoms with Gasteiger partial charge in [0.25, 0.3) is 0 Å². The van der Waals surface area contributed by atoms with Crippen molar-refractivity contribution in [3.8, 4) is 5.75 Å². The van der Waals surface area contributed by atoms with Crippen LogP contribution in [-0.4, -0.2) is 25.5 Å². The summed E-state index contributed by atoms with van der Waals surface area (Å²) in [6.45, 7) is 4.58. The van der Waals surface area contributed by atoms with Gasteiger partial charge in [0, 0.05) is 17.9 Å². The Morgan fingerprint density at radius 2 is 1.88 bits per heavy atom. The standard InChI is InChI=1S/C20H22N2O3/c1-13-5-4-6-18(14(13)2)22-12-11-17(20(22)24)19(23)21-15-7-9-16(25-3)10-8-15/h4-10,17H,11-12H2,1-3H3,(H,21,23)/t17-/m0/s1. The normalized spacial score (nSPS) is 16.8. The summed E-state index contributed by atoms with van der Waals surface area (Å²) in [5, 5.41) is 2.82. The lowest BCUT2D eigenvalue weighted by Crippen LogP contribution is -2.33.